The van der Waals surface area contributed by atoms with Gasteiger partial charge in [-0.15, -0.1) is 0 Å². The summed E-state index contributed by atoms with van der Waals surface area (Å²) in [5, 5.41) is 0.691. The minimum absolute atomic E-state index is 0.691. The van der Waals surface area contributed by atoms with Gasteiger partial charge >= 0.3 is 0 Å². The Bertz CT molecular complexity index is 197. The van der Waals surface area contributed by atoms with Crippen molar-refractivity contribution in [2.45, 2.75) is 0 Å². The van der Waals surface area contributed by atoms with Crippen LogP contribution in [0.1, 0.15) is 0 Å². The average molecular weight is 157 g/mol. The highest BCUT2D eigenvalue weighted by Gasteiger charge is 1.89. The number of hydrogen-bond acceptors (Lipinski definition) is 2. The number of hydrogen-bond donors (Lipinski definition) is 1. The van der Waals surface area contributed by atoms with Crippen molar-refractivity contribution in [3.63, 3.8) is 0 Å². The summed E-state index contributed by atoms with van der Waals surface area (Å²) in [6, 6.07) is 6.99. The van der Waals surface area contributed by atoms with Crippen molar-refractivity contribution in [3.05, 3.63) is 36.3 Å². The van der Waals surface area contributed by atoms with Crippen LogP contribution in [0.3, 0.4) is 0 Å². The van der Waals surface area contributed by atoms with Crippen LogP contribution in [0.15, 0.2) is 24.3 Å². The predicted molar refractivity (Wildman–Crippen MR) is 40.6 cm³/mol. The molecule has 53 valence electrons. The Morgan fingerprint density at radius 1 is 1.30 bits per heavy atom. The van der Waals surface area contributed by atoms with Crippen LogP contribution in [0.2, 0.25) is 5.02 Å². The lowest BCUT2D eigenvalue weighted by Crippen LogP contribution is -2.07. The molecule has 1 aromatic rings. The van der Waals surface area contributed by atoms with E-state index in [4.69, 9.17) is 16.4 Å². The summed E-state index contributed by atoms with van der Waals surface area (Å²) in [4.78, 5) is 4.84. The third kappa shape index (κ3) is 1.90. The van der Waals surface area contributed by atoms with E-state index in [0.717, 1.165) is 0 Å². The van der Waals surface area contributed by atoms with Crippen molar-refractivity contribution in [2.75, 3.05) is 0 Å². The molecule has 2 nitrogen and oxygen atoms in total. The van der Waals surface area contributed by atoms with Gasteiger partial charge in [0.1, 0.15) is 5.75 Å². The molecule has 0 fully saturated rings. The first-order chi connectivity index (χ1) is 4.83. The lowest BCUT2D eigenvalue weighted by Gasteiger charge is -2.00. The van der Waals surface area contributed by atoms with E-state index in [2.05, 4.69) is 12.5 Å². The van der Waals surface area contributed by atoms with Gasteiger partial charge in [0.05, 0.1) is 0 Å². The molecule has 0 spiro atoms. The SMILES string of the molecule is [CH2]NOc1ccc(Cl)cc1. The highest BCUT2D eigenvalue weighted by atomic mass is 35.5. The van der Waals surface area contributed by atoms with Crippen LogP contribution in [-0.4, -0.2) is 0 Å². The Morgan fingerprint density at radius 3 is 2.40 bits per heavy atom. The maximum atomic E-state index is 5.62. The lowest BCUT2D eigenvalue weighted by molar-refractivity contribution is 0.240. The van der Waals surface area contributed by atoms with Crippen LogP contribution in [0.5, 0.6) is 5.75 Å². The molecule has 0 saturated heterocycles. The molecular formula is C7H7ClNO. The number of nitrogens with one attached hydrogen (secondary N) is 1. The van der Waals surface area contributed by atoms with Crippen molar-refractivity contribution in [1.82, 2.24) is 5.48 Å². The van der Waals surface area contributed by atoms with Crippen LogP contribution in [0.4, 0.5) is 0 Å². The molecule has 0 atom stereocenters. The summed E-state index contributed by atoms with van der Waals surface area (Å²) in [7, 11) is 3.30. The van der Waals surface area contributed by atoms with Gasteiger partial charge in [-0.05, 0) is 24.3 Å². The maximum Gasteiger partial charge on any atom is 0.147 e. The van der Waals surface area contributed by atoms with E-state index in [0.29, 0.717) is 10.8 Å². The minimum atomic E-state index is 0.691. The highest BCUT2D eigenvalue weighted by molar-refractivity contribution is 6.30. The third-order valence-electron chi connectivity index (χ3n) is 1.00. The fraction of sp³-hybridized carbons (Fsp3) is 0. The predicted octanol–water partition coefficient (Wildman–Crippen LogP) is 2.01. The second-order valence-electron chi connectivity index (χ2n) is 1.70. The maximum absolute atomic E-state index is 5.62. The molecule has 3 heteroatoms. The van der Waals surface area contributed by atoms with Gasteiger partial charge in [0, 0.05) is 12.1 Å². The summed E-state index contributed by atoms with van der Waals surface area (Å²) < 4.78 is 0. The van der Waals surface area contributed by atoms with Crippen LogP contribution in [-0.2, 0) is 0 Å². The highest BCUT2D eigenvalue weighted by Crippen LogP contribution is 2.14. The fourth-order valence-corrected chi connectivity index (χ4v) is 0.712. The Morgan fingerprint density at radius 2 is 1.90 bits per heavy atom. The molecule has 0 aromatic heterocycles. The molecule has 1 rings (SSSR count). The Hall–Kier alpha value is -0.730. The smallest absolute Gasteiger partial charge is 0.147 e. The second-order valence-corrected chi connectivity index (χ2v) is 2.14. The first-order valence-electron chi connectivity index (χ1n) is 2.77. The van der Waals surface area contributed by atoms with Gasteiger partial charge in [0.2, 0.25) is 0 Å². The Balaban J connectivity index is 2.69. The van der Waals surface area contributed by atoms with Gasteiger partial charge in [0.15, 0.2) is 0 Å². The first kappa shape index (κ1) is 7.38. The number of rotatable bonds is 2. The number of benzene rings is 1. The van der Waals surface area contributed by atoms with Crippen molar-refractivity contribution < 1.29 is 4.84 Å². The van der Waals surface area contributed by atoms with Crippen LogP contribution < -0.4 is 10.3 Å². The molecule has 0 aliphatic carbocycles. The third-order valence-corrected chi connectivity index (χ3v) is 1.26. The molecule has 10 heavy (non-hydrogen) atoms. The molecule has 1 aromatic carbocycles. The van der Waals surface area contributed by atoms with E-state index in [1.807, 2.05) is 0 Å². The van der Waals surface area contributed by atoms with Gasteiger partial charge in [-0.1, -0.05) is 11.6 Å². The molecule has 0 aliphatic heterocycles. The lowest BCUT2D eigenvalue weighted by atomic mass is 10.3. The van der Waals surface area contributed by atoms with E-state index < -0.39 is 0 Å². The van der Waals surface area contributed by atoms with E-state index in [1.165, 1.54) is 0 Å². The standard InChI is InChI=1S/C7H7ClNO/c1-9-10-7-4-2-6(8)3-5-7/h2-5,9H,1H2. The molecule has 0 aliphatic rings. The summed E-state index contributed by atoms with van der Waals surface area (Å²) in [6.45, 7) is 0. The zero-order valence-electron chi connectivity index (χ0n) is 5.30. The van der Waals surface area contributed by atoms with Crippen molar-refractivity contribution in [2.24, 2.45) is 0 Å². The molecule has 0 bridgehead atoms. The van der Waals surface area contributed by atoms with Crippen molar-refractivity contribution >= 4 is 11.6 Å². The van der Waals surface area contributed by atoms with Crippen molar-refractivity contribution in [1.29, 1.82) is 0 Å². The zero-order chi connectivity index (χ0) is 7.40. The largest absolute Gasteiger partial charge is 0.409 e. The van der Waals surface area contributed by atoms with Crippen LogP contribution in [0.25, 0.3) is 0 Å². The van der Waals surface area contributed by atoms with E-state index in [-0.39, 0.29) is 0 Å². The molecule has 0 saturated carbocycles. The molecule has 1 radical (unpaired) electrons. The first-order valence-corrected chi connectivity index (χ1v) is 3.15. The Kier molecular flexibility index (Phi) is 2.54. The molecule has 0 heterocycles. The monoisotopic (exact) mass is 156 g/mol. The normalized spacial score (nSPS) is 9.40. The Labute approximate surface area is 64.7 Å². The summed E-state index contributed by atoms with van der Waals surface area (Å²) in [5.41, 5.74) is 2.31. The quantitative estimate of drug-likeness (QED) is 0.662. The topological polar surface area (TPSA) is 21.3 Å². The van der Waals surface area contributed by atoms with E-state index in [9.17, 15) is 0 Å². The number of hydroxylamine groups is 1. The van der Waals surface area contributed by atoms with Crippen molar-refractivity contribution in [3.8, 4) is 5.75 Å². The summed E-state index contributed by atoms with van der Waals surface area (Å²) >= 11 is 5.62. The van der Waals surface area contributed by atoms with Crippen LogP contribution in [0, 0.1) is 7.05 Å². The molecule has 0 unspecified atom stereocenters. The summed E-state index contributed by atoms with van der Waals surface area (Å²) in [6.07, 6.45) is 0. The van der Waals surface area contributed by atoms with Gasteiger partial charge in [-0.3, -0.25) is 0 Å². The van der Waals surface area contributed by atoms with E-state index >= 15 is 0 Å². The van der Waals surface area contributed by atoms with Gasteiger partial charge < -0.3 is 4.84 Å². The van der Waals surface area contributed by atoms with Crippen LogP contribution >= 0.6 is 11.6 Å². The number of halogens is 1. The van der Waals surface area contributed by atoms with Gasteiger partial charge in [-0.2, -0.15) is 5.48 Å². The second kappa shape index (κ2) is 3.44. The van der Waals surface area contributed by atoms with E-state index in [1.54, 1.807) is 24.3 Å². The summed E-state index contributed by atoms with van der Waals surface area (Å²) in [5.74, 6) is 0.694. The fourth-order valence-electron chi connectivity index (χ4n) is 0.586. The van der Waals surface area contributed by atoms with Gasteiger partial charge in [-0.25, -0.2) is 0 Å². The van der Waals surface area contributed by atoms with Gasteiger partial charge in [0.25, 0.3) is 0 Å². The zero-order valence-corrected chi connectivity index (χ0v) is 6.06. The molecule has 0 amide bonds. The minimum Gasteiger partial charge on any atom is -0.409 e. The molecular weight excluding hydrogens is 150 g/mol. The molecule has 1 N–H and O–H groups in total. The average Bonchev–Trinajstić information content (AvgIpc) is 1.95.